The fourth-order valence-corrected chi connectivity index (χ4v) is 3.86. The zero-order chi connectivity index (χ0) is 19.7. The van der Waals surface area contributed by atoms with Crippen molar-refractivity contribution >= 4 is 39.3 Å². The number of anilines is 1. The first-order valence-electron chi connectivity index (χ1n) is 8.44. The summed E-state index contributed by atoms with van der Waals surface area (Å²) >= 11 is 4.80. The Balaban J connectivity index is 1.56. The monoisotopic (exact) mass is 461 g/mol. The summed E-state index contributed by atoms with van der Waals surface area (Å²) in [5.41, 5.74) is 0.627. The lowest BCUT2D eigenvalue weighted by molar-refractivity contribution is -0.128. The number of aromatic nitrogens is 4. The maximum absolute atomic E-state index is 12.9. The van der Waals surface area contributed by atoms with E-state index in [1.165, 1.54) is 11.8 Å². The molecule has 0 spiro atoms. The molecule has 2 heterocycles. The molecule has 0 aliphatic carbocycles. The van der Waals surface area contributed by atoms with Crippen LogP contribution < -0.4 is 14.8 Å². The van der Waals surface area contributed by atoms with Crippen LogP contribution in [0.25, 0.3) is 0 Å². The lowest BCUT2D eigenvalue weighted by Crippen LogP contribution is -2.46. The number of carbonyl (C=O) groups is 1. The number of nitrogens with zero attached hydrogens (tertiary/aromatic N) is 4. The van der Waals surface area contributed by atoms with Gasteiger partial charge >= 0.3 is 0 Å². The van der Waals surface area contributed by atoms with E-state index < -0.39 is 12.2 Å². The minimum Gasteiger partial charge on any atom is -0.482 e. The molecule has 2 aromatic carbocycles. The second-order valence-corrected chi connectivity index (χ2v) is 8.05. The lowest BCUT2D eigenvalue weighted by atomic mass is 10.1. The smallest absolute Gasteiger partial charge is 0.269 e. The van der Waals surface area contributed by atoms with Crippen LogP contribution in [0.1, 0.15) is 6.92 Å². The van der Waals surface area contributed by atoms with E-state index in [4.69, 9.17) is 9.47 Å². The number of fused-ring (bicyclic) bond motifs is 1. The van der Waals surface area contributed by atoms with Gasteiger partial charge in [0.25, 0.3) is 5.91 Å². The number of carbonyl (C=O) groups excluding carboxylic acids is 1. The highest BCUT2D eigenvalue weighted by Gasteiger charge is 2.34. The molecule has 144 valence electrons. The molecule has 0 saturated carbocycles. The Kier molecular flexibility index (Phi) is 5.23. The van der Waals surface area contributed by atoms with Gasteiger partial charge in [-0.2, -0.15) is 0 Å². The number of para-hydroxylation sites is 2. The van der Waals surface area contributed by atoms with Gasteiger partial charge in [-0.1, -0.05) is 28.1 Å². The lowest BCUT2D eigenvalue weighted by Gasteiger charge is -2.31. The molecule has 0 bridgehead atoms. The maximum Gasteiger partial charge on any atom is 0.269 e. The molecule has 1 N–H and O–H groups in total. The fraction of sp³-hybridized carbons (Fsp3) is 0.222. The second kappa shape index (κ2) is 7.80. The molecule has 4 rings (SSSR count). The number of nitrogens with one attached hydrogen (secondary N) is 1. The number of ether oxygens (including phenoxy) is 2. The number of tetrazole rings is 1. The molecule has 1 aliphatic heterocycles. The molecule has 0 fully saturated rings. The number of benzene rings is 2. The van der Waals surface area contributed by atoms with E-state index in [9.17, 15) is 4.79 Å². The Bertz CT molecular complexity index is 1030. The molecule has 1 aliphatic rings. The van der Waals surface area contributed by atoms with E-state index >= 15 is 0 Å². The minimum absolute atomic E-state index is 0.293. The summed E-state index contributed by atoms with van der Waals surface area (Å²) in [6.07, 6.45) is -1.20. The quantitative estimate of drug-likeness (QED) is 0.636. The Labute approximate surface area is 173 Å². The van der Waals surface area contributed by atoms with Crippen LogP contribution in [0, 0.1) is 0 Å². The number of amides is 1. The van der Waals surface area contributed by atoms with Crippen molar-refractivity contribution in [1.29, 1.82) is 0 Å². The molecule has 2 atom stereocenters. The third-order valence-corrected chi connectivity index (χ3v) is 5.68. The van der Waals surface area contributed by atoms with Crippen molar-refractivity contribution in [2.75, 3.05) is 5.32 Å². The van der Waals surface area contributed by atoms with Crippen molar-refractivity contribution in [3.05, 3.63) is 46.9 Å². The summed E-state index contributed by atoms with van der Waals surface area (Å²) in [6, 6.07) is 12.9. The van der Waals surface area contributed by atoms with Gasteiger partial charge in [-0.05, 0) is 59.4 Å². The zero-order valence-electron chi connectivity index (χ0n) is 15.0. The van der Waals surface area contributed by atoms with Crippen molar-refractivity contribution in [3.63, 3.8) is 0 Å². The van der Waals surface area contributed by atoms with Crippen LogP contribution >= 0.6 is 27.7 Å². The highest BCUT2D eigenvalue weighted by molar-refractivity contribution is 9.10. The largest absolute Gasteiger partial charge is 0.482 e. The molecule has 2 unspecified atom stereocenters. The van der Waals surface area contributed by atoms with Gasteiger partial charge in [0.15, 0.2) is 11.5 Å². The highest BCUT2D eigenvalue weighted by atomic mass is 79.9. The average Bonchev–Trinajstić information content (AvgIpc) is 3.08. The van der Waals surface area contributed by atoms with Crippen LogP contribution in [0.4, 0.5) is 5.69 Å². The molecular weight excluding hydrogens is 446 g/mol. The van der Waals surface area contributed by atoms with Crippen molar-refractivity contribution < 1.29 is 14.3 Å². The van der Waals surface area contributed by atoms with Gasteiger partial charge in [-0.3, -0.25) is 4.79 Å². The number of rotatable bonds is 4. The van der Waals surface area contributed by atoms with E-state index in [0.717, 1.165) is 9.37 Å². The van der Waals surface area contributed by atoms with Crippen molar-refractivity contribution in [3.8, 4) is 11.5 Å². The molecule has 0 saturated heterocycles. The minimum atomic E-state index is -0.775. The van der Waals surface area contributed by atoms with E-state index in [0.29, 0.717) is 22.3 Å². The molecule has 28 heavy (non-hydrogen) atoms. The Hall–Kier alpha value is -2.59. The van der Waals surface area contributed by atoms with E-state index in [2.05, 4.69) is 36.8 Å². The summed E-state index contributed by atoms with van der Waals surface area (Å²) in [5, 5.41) is 15.0. The molecule has 0 radical (unpaired) electrons. The van der Waals surface area contributed by atoms with Crippen LogP contribution in [0.2, 0.25) is 0 Å². The standard InChI is InChI=1S/C18H16BrN5O3S/c1-10-16(27-14-6-4-3-5-13(14)26-10)17(25)20-12-9-11(19)7-8-15(12)28-18-21-22-23-24(18)2/h3-10,16H,1-2H3,(H,20,25). The Morgan fingerprint density at radius 1 is 1.21 bits per heavy atom. The second-order valence-electron chi connectivity index (χ2n) is 6.13. The fourth-order valence-electron chi connectivity index (χ4n) is 2.71. The number of hydrogen-bond donors (Lipinski definition) is 1. The van der Waals surface area contributed by atoms with Crippen LogP contribution in [0.5, 0.6) is 11.5 Å². The van der Waals surface area contributed by atoms with Gasteiger partial charge in [-0.15, -0.1) is 5.10 Å². The van der Waals surface area contributed by atoms with E-state index in [1.54, 1.807) is 17.8 Å². The summed E-state index contributed by atoms with van der Waals surface area (Å²) in [7, 11) is 1.76. The average molecular weight is 462 g/mol. The van der Waals surface area contributed by atoms with Crippen molar-refractivity contribution in [1.82, 2.24) is 20.2 Å². The van der Waals surface area contributed by atoms with Gasteiger partial charge in [0.05, 0.1) is 5.69 Å². The van der Waals surface area contributed by atoms with Crippen LogP contribution in [-0.4, -0.2) is 38.3 Å². The predicted molar refractivity (Wildman–Crippen MR) is 107 cm³/mol. The normalized spacial score (nSPS) is 18.0. The SMILES string of the molecule is CC1Oc2ccccc2OC1C(=O)Nc1cc(Br)ccc1Sc1nnnn1C. The molecule has 8 nitrogen and oxygen atoms in total. The van der Waals surface area contributed by atoms with Crippen molar-refractivity contribution in [2.24, 2.45) is 7.05 Å². The van der Waals surface area contributed by atoms with Gasteiger partial charge in [0.1, 0.15) is 6.10 Å². The van der Waals surface area contributed by atoms with E-state index in [-0.39, 0.29) is 5.91 Å². The molecule has 1 amide bonds. The number of hydrogen-bond acceptors (Lipinski definition) is 7. The number of halogens is 1. The van der Waals surface area contributed by atoms with Crippen LogP contribution in [-0.2, 0) is 11.8 Å². The van der Waals surface area contributed by atoms with Gasteiger partial charge in [-0.25, -0.2) is 4.68 Å². The summed E-state index contributed by atoms with van der Waals surface area (Å²) in [4.78, 5) is 13.7. The van der Waals surface area contributed by atoms with Gasteiger partial charge in [0.2, 0.25) is 11.3 Å². The van der Waals surface area contributed by atoms with Gasteiger partial charge < -0.3 is 14.8 Å². The topological polar surface area (TPSA) is 91.2 Å². The third-order valence-electron chi connectivity index (χ3n) is 4.08. The summed E-state index contributed by atoms with van der Waals surface area (Å²) in [6.45, 7) is 1.81. The zero-order valence-corrected chi connectivity index (χ0v) is 17.4. The molecule has 1 aromatic heterocycles. The summed E-state index contributed by atoms with van der Waals surface area (Å²) in [5.74, 6) is 0.889. The Morgan fingerprint density at radius 3 is 2.68 bits per heavy atom. The molecule has 3 aromatic rings. The molecule has 10 heteroatoms. The predicted octanol–water partition coefficient (Wildman–Crippen LogP) is 3.29. The first-order valence-corrected chi connectivity index (χ1v) is 10.0. The molecular formula is C18H16BrN5O3S. The van der Waals surface area contributed by atoms with Crippen LogP contribution in [0.3, 0.4) is 0 Å². The first-order chi connectivity index (χ1) is 13.5. The first kappa shape index (κ1) is 18.8. The van der Waals surface area contributed by atoms with Gasteiger partial charge in [0, 0.05) is 16.4 Å². The third kappa shape index (κ3) is 3.83. The number of aryl methyl sites for hydroxylation is 1. The Morgan fingerprint density at radius 2 is 1.96 bits per heavy atom. The van der Waals surface area contributed by atoms with Crippen molar-refractivity contribution in [2.45, 2.75) is 29.2 Å². The van der Waals surface area contributed by atoms with E-state index in [1.807, 2.05) is 43.3 Å². The van der Waals surface area contributed by atoms with Crippen LogP contribution in [0.15, 0.2) is 57.0 Å². The summed E-state index contributed by atoms with van der Waals surface area (Å²) < 4.78 is 14.1. The maximum atomic E-state index is 12.9. The highest BCUT2D eigenvalue weighted by Crippen LogP contribution is 2.36.